The Balaban J connectivity index is 2.22. The number of hydrogen-bond donors (Lipinski definition) is 3. The lowest BCUT2D eigenvalue weighted by molar-refractivity contribution is 0.320. The van der Waals surface area contributed by atoms with Crippen molar-refractivity contribution in [3.8, 4) is 0 Å². The van der Waals surface area contributed by atoms with E-state index in [9.17, 15) is 4.39 Å². The fourth-order valence-electron chi connectivity index (χ4n) is 2.78. The van der Waals surface area contributed by atoms with Crippen molar-refractivity contribution in [1.29, 1.82) is 0 Å². The third-order valence-electron chi connectivity index (χ3n) is 3.96. The molecule has 1 aromatic rings. The van der Waals surface area contributed by atoms with E-state index in [1.807, 2.05) is 0 Å². The van der Waals surface area contributed by atoms with Crippen molar-refractivity contribution in [2.24, 2.45) is 16.8 Å². The third-order valence-corrected chi connectivity index (χ3v) is 3.96. The van der Waals surface area contributed by atoms with Crippen LogP contribution in [0.5, 0.6) is 0 Å². The molecule has 1 heterocycles. The molecule has 2 rings (SSSR count). The largest absolute Gasteiger partial charge is 0.411 e. The van der Waals surface area contributed by atoms with Crippen molar-refractivity contribution in [2.75, 3.05) is 13.1 Å². The van der Waals surface area contributed by atoms with Crippen LogP contribution in [0, 0.1) is 18.7 Å². The molecule has 1 aliphatic rings. The summed E-state index contributed by atoms with van der Waals surface area (Å²) in [6.45, 7) is 3.62. The summed E-state index contributed by atoms with van der Waals surface area (Å²) in [6.07, 6.45) is 3.93. The molecule has 0 bridgehead atoms. The molecule has 0 radical (unpaired) electrons. The number of nitrogens with one attached hydrogen (secondary N) is 1. The molecule has 1 aromatic carbocycles. The zero-order valence-corrected chi connectivity index (χ0v) is 12.3. The van der Waals surface area contributed by atoms with E-state index in [0.717, 1.165) is 37.1 Å². The van der Waals surface area contributed by atoms with Crippen molar-refractivity contribution in [3.05, 3.63) is 46.4 Å². The quantitative estimate of drug-likeness (QED) is 0.453. The molecule has 0 saturated carbocycles. The van der Waals surface area contributed by atoms with Gasteiger partial charge in [0.05, 0.1) is 6.21 Å². The smallest absolute Gasteiger partial charge is 0.126 e. The zero-order chi connectivity index (χ0) is 15.2. The number of nitrogens with two attached hydrogens (primary N) is 1. The average molecular weight is 291 g/mol. The summed E-state index contributed by atoms with van der Waals surface area (Å²) in [5.74, 6) is 0.0977. The zero-order valence-electron chi connectivity index (χ0n) is 12.3. The van der Waals surface area contributed by atoms with Gasteiger partial charge in [0.1, 0.15) is 5.82 Å². The number of rotatable bonds is 4. The number of allylic oxidation sites excluding steroid dienone is 2. The molecule has 0 unspecified atom stereocenters. The molecule has 4 N–H and O–H groups in total. The summed E-state index contributed by atoms with van der Waals surface area (Å²) in [4.78, 5) is 0. The second kappa shape index (κ2) is 7.22. The highest BCUT2D eigenvalue weighted by molar-refractivity contribution is 5.79. The number of nitrogens with zero attached hydrogens (tertiary/aromatic N) is 1. The Morgan fingerprint density at radius 2 is 2.19 bits per heavy atom. The Morgan fingerprint density at radius 1 is 1.48 bits per heavy atom. The van der Waals surface area contributed by atoms with E-state index in [1.54, 1.807) is 19.1 Å². The van der Waals surface area contributed by atoms with E-state index in [2.05, 4.69) is 10.5 Å². The average Bonchev–Trinajstić information content (AvgIpc) is 2.49. The topological polar surface area (TPSA) is 70.6 Å². The third kappa shape index (κ3) is 4.04. The number of aryl methyl sites for hydroxylation is 1. The highest BCUT2D eigenvalue weighted by Gasteiger charge is 2.19. The number of hydrogen-bond acceptors (Lipinski definition) is 4. The number of halogens is 1. The van der Waals surface area contributed by atoms with E-state index in [0.29, 0.717) is 23.6 Å². The summed E-state index contributed by atoms with van der Waals surface area (Å²) in [5.41, 5.74) is 9.37. The van der Waals surface area contributed by atoms with Gasteiger partial charge in [0, 0.05) is 12.1 Å². The fraction of sp³-hybridized carbons (Fsp3) is 0.438. The van der Waals surface area contributed by atoms with Crippen molar-refractivity contribution in [2.45, 2.75) is 26.2 Å². The van der Waals surface area contributed by atoms with Crippen LogP contribution in [0.4, 0.5) is 4.39 Å². The molecule has 1 fully saturated rings. The SMILES string of the molecule is Cc1cc(C/C(N)=C(/C=N/O)C2CCNCC2)ccc1F. The van der Waals surface area contributed by atoms with E-state index < -0.39 is 0 Å². The van der Waals surface area contributed by atoms with Crippen LogP contribution in [0.15, 0.2) is 34.6 Å². The molecule has 0 spiro atoms. The van der Waals surface area contributed by atoms with Gasteiger partial charge < -0.3 is 16.3 Å². The lowest BCUT2D eigenvalue weighted by Crippen LogP contribution is -2.30. The first-order valence-electron chi connectivity index (χ1n) is 7.23. The van der Waals surface area contributed by atoms with E-state index in [4.69, 9.17) is 10.9 Å². The summed E-state index contributed by atoms with van der Waals surface area (Å²) in [5, 5.41) is 15.3. The van der Waals surface area contributed by atoms with Crippen molar-refractivity contribution < 1.29 is 9.60 Å². The van der Waals surface area contributed by atoms with E-state index in [1.165, 1.54) is 12.3 Å². The highest BCUT2D eigenvalue weighted by atomic mass is 19.1. The van der Waals surface area contributed by atoms with Crippen LogP contribution in [-0.4, -0.2) is 24.5 Å². The molecule has 114 valence electrons. The van der Waals surface area contributed by atoms with Crippen LogP contribution < -0.4 is 11.1 Å². The Bertz CT molecular complexity index is 548. The van der Waals surface area contributed by atoms with Crippen molar-refractivity contribution >= 4 is 6.21 Å². The van der Waals surface area contributed by atoms with Crippen LogP contribution >= 0.6 is 0 Å². The summed E-state index contributed by atoms with van der Waals surface area (Å²) >= 11 is 0. The maximum absolute atomic E-state index is 13.3. The van der Waals surface area contributed by atoms with Gasteiger partial charge in [-0.3, -0.25) is 0 Å². The first-order chi connectivity index (χ1) is 10.1. The number of oxime groups is 1. The number of piperidine rings is 1. The number of benzene rings is 1. The molecular weight excluding hydrogens is 269 g/mol. The maximum Gasteiger partial charge on any atom is 0.126 e. The summed E-state index contributed by atoms with van der Waals surface area (Å²) < 4.78 is 13.3. The van der Waals surface area contributed by atoms with Gasteiger partial charge in [0.2, 0.25) is 0 Å². The van der Waals surface area contributed by atoms with Gasteiger partial charge in [0.15, 0.2) is 0 Å². The Hall–Kier alpha value is -1.88. The highest BCUT2D eigenvalue weighted by Crippen LogP contribution is 2.23. The molecule has 0 aromatic heterocycles. The maximum atomic E-state index is 13.3. The van der Waals surface area contributed by atoms with Gasteiger partial charge in [-0.2, -0.15) is 0 Å². The van der Waals surface area contributed by atoms with Crippen LogP contribution in [-0.2, 0) is 6.42 Å². The van der Waals surface area contributed by atoms with E-state index >= 15 is 0 Å². The second-order valence-corrected chi connectivity index (χ2v) is 5.51. The molecule has 0 amide bonds. The Kier molecular flexibility index (Phi) is 5.33. The molecule has 21 heavy (non-hydrogen) atoms. The molecule has 1 saturated heterocycles. The Morgan fingerprint density at radius 3 is 2.81 bits per heavy atom. The summed E-state index contributed by atoms with van der Waals surface area (Å²) in [7, 11) is 0. The molecule has 4 nitrogen and oxygen atoms in total. The molecular formula is C16H22FN3O. The minimum absolute atomic E-state index is 0.211. The van der Waals surface area contributed by atoms with Crippen LogP contribution in [0.1, 0.15) is 24.0 Å². The predicted octanol–water partition coefficient (Wildman–Crippen LogP) is 2.35. The first-order valence-corrected chi connectivity index (χ1v) is 7.23. The van der Waals surface area contributed by atoms with Gasteiger partial charge in [-0.1, -0.05) is 17.3 Å². The predicted molar refractivity (Wildman–Crippen MR) is 81.9 cm³/mol. The standard InChI is InChI=1S/C16H22FN3O/c1-11-8-12(2-3-15(11)17)9-16(18)14(10-20-21)13-4-6-19-7-5-13/h2-3,8,10,13,19,21H,4-7,9,18H2,1H3/b16-14+,20-10+. The first kappa shape index (κ1) is 15.5. The van der Waals surface area contributed by atoms with Gasteiger partial charge in [-0.25, -0.2) is 4.39 Å². The Labute approximate surface area is 124 Å². The second-order valence-electron chi connectivity index (χ2n) is 5.51. The molecule has 5 heteroatoms. The fourth-order valence-corrected chi connectivity index (χ4v) is 2.78. The monoisotopic (exact) mass is 291 g/mol. The summed E-state index contributed by atoms with van der Waals surface area (Å²) in [6, 6.07) is 5.01. The van der Waals surface area contributed by atoms with Crippen LogP contribution in [0.2, 0.25) is 0 Å². The van der Waals surface area contributed by atoms with Gasteiger partial charge >= 0.3 is 0 Å². The molecule has 0 aliphatic carbocycles. The molecule has 1 aliphatic heterocycles. The van der Waals surface area contributed by atoms with Gasteiger partial charge in [-0.15, -0.1) is 0 Å². The lowest BCUT2D eigenvalue weighted by atomic mass is 9.88. The van der Waals surface area contributed by atoms with Crippen LogP contribution in [0.25, 0.3) is 0 Å². The lowest BCUT2D eigenvalue weighted by Gasteiger charge is -2.24. The van der Waals surface area contributed by atoms with Gasteiger partial charge in [-0.05, 0) is 61.5 Å². The minimum Gasteiger partial charge on any atom is -0.411 e. The van der Waals surface area contributed by atoms with Crippen molar-refractivity contribution in [1.82, 2.24) is 5.32 Å². The normalized spacial score (nSPS) is 18.0. The van der Waals surface area contributed by atoms with E-state index in [-0.39, 0.29) is 5.82 Å². The van der Waals surface area contributed by atoms with Gasteiger partial charge in [0.25, 0.3) is 0 Å². The van der Waals surface area contributed by atoms with Crippen molar-refractivity contribution in [3.63, 3.8) is 0 Å². The molecule has 0 atom stereocenters. The van der Waals surface area contributed by atoms with Crippen LogP contribution in [0.3, 0.4) is 0 Å². The minimum atomic E-state index is -0.211.